The van der Waals surface area contributed by atoms with Crippen molar-refractivity contribution in [3.8, 4) is 11.5 Å². The van der Waals surface area contributed by atoms with Crippen molar-refractivity contribution in [1.82, 2.24) is 4.98 Å². The van der Waals surface area contributed by atoms with E-state index in [1.807, 2.05) is 24.4 Å². The van der Waals surface area contributed by atoms with Gasteiger partial charge in [0.15, 0.2) is 5.76 Å². The van der Waals surface area contributed by atoms with Gasteiger partial charge in [-0.2, -0.15) is 0 Å². The first-order chi connectivity index (χ1) is 7.65. The van der Waals surface area contributed by atoms with Crippen molar-refractivity contribution in [1.29, 1.82) is 0 Å². The summed E-state index contributed by atoms with van der Waals surface area (Å²) in [6, 6.07) is 3.70. The Morgan fingerprint density at radius 3 is 3.00 bits per heavy atom. The summed E-state index contributed by atoms with van der Waals surface area (Å²) in [7, 11) is 0. The first kappa shape index (κ1) is 10.6. The van der Waals surface area contributed by atoms with E-state index in [-0.39, 0.29) is 0 Å². The molecule has 0 aliphatic heterocycles. The standard InChI is InChI=1S/C11H9NO3S/c1-7-2-3-9(15-7)8-6-16-10(12-8)4-5-11(13)14/h2-6H,1H3,(H,13,14)/b5-4+. The predicted molar refractivity (Wildman–Crippen MR) is 61.2 cm³/mol. The maximum Gasteiger partial charge on any atom is 0.328 e. The Labute approximate surface area is 95.9 Å². The van der Waals surface area contributed by atoms with E-state index >= 15 is 0 Å². The molecule has 0 aromatic carbocycles. The fourth-order valence-corrected chi connectivity index (χ4v) is 1.89. The van der Waals surface area contributed by atoms with E-state index in [0.717, 1.165) is 17.5 Å². The van der Waals surface area contributed by atoms with Crippen LogP contribution in [0, 0.1) is 6.92 Å². The second-order valence-corrected chi connectivity index (χ2v) is 4.04. The van der Waals surface area contributed by atoms with E-state index in [1.54, 1.807) is 0 Å². The van der Waals surface area contributed by atoms with Crippen LogP contribution in [-0.2, 0) is 4.79 Å². The largest absolute Gasteiger partial charge is 0.478 e. The topological polar surface area (TPSA) is 63.3 Å². The average molecular weight is 235 g/mol. The highest BCUT2D eigenvalue weighted by Gasteiger charge is 2.06. The molecule has 16 heavy (non-hydrogen) atoms. The minimum absolute atomic E-state index is 0.645. The number of aliphatic carboxylic acids is 1. The molecule has 0 aliphatic carbocycles. The molecule has 82 valence electrons. The lowest BCUT2D eigenvalue weighted by Crippen LogP contribution is -1.85. The van der Waals surface area contributed by atoms with Gasteiger partial charge in [0.25, 0.3) is 0 Å². The molecule has 4 nitrogen and oxygen atoms in total. The Bertz CT molecular complexity index is 539. The molecule has 0 atom stereocenters. The number of carboxylic acids is 1. The number of hydrogen-bond acceptors (Lipinski definition) is 4. The van der Waals surface area contributed by atoms with E-state index in [9.17, 15) is 4.79 Å². The molecule has 2 heterocycles. The van der Waals surface area contributed by atoms with Crippen LogP contribution in [0.3, 0.4) is 0 Å². The second kappa shape index (κ2) is 4.32. The molecule has 0 saturated heterocycles. The van der Waals surface area contributed by atoms with Crippen LogP contribution in [-0.4, -0.2) is 16.1 Å². The van der Waals surface area contributed by atoms with Crippen molar-refractivity contribution >= 4 is 23.4 Å². The van der Waals surface area contributed by atoms with Gasteiger partial charge in [0.05, 0.1) is 0 Å². The molecule has 0 aliphatic rings. The summed E-state index contributed by atoms with van der Waals surface area (Å²) in [6.07, 6.45) is 2.53. The molecule has 2 aromatic rings. The third-order valence-electron chi connectivity index (χ3n) is 1.88. The summed E-state index contributed by atoms with van der Waals surface area (Å²) < 4.78 is 5.41. The molecule has 0 radical (unpaired) electrons. The predicted octanol–water partition coefficient (Wildman–Crippen LogP) is 2.81. The van der Waals surface area contributed by atoms with Gasteiger partial charge in [-0.1, -0.05) is 0 Å². The number of rotatable bonds is 3. The van der Waals surface area contributed by atoms with E-state index < -0.39 is 5.97 Å². The van der Waals surface area contributed by atoms with Gasteiger partial charge in [-0.05, 0) is 25.1 Å². The highest BCUT2D eigenvalue weighted by Crippen LogP contribution is 2.24. The normalized spacial score (nSPS) is 11.1. The van der Waals surface area contributed by atoms with Gasteiger partial charge in [-0.25, -0.2) is 9.78 Å². The SMILES string of the molecule is Cc1ccc(-c2csc(/C=C/C(=O)O)n2)o1. The summed E-state index contributed by atoms with van der Waals surface area (Å²) in [5.41, 5.74) is 0.725. The van der Waals surface area contributed by atoms with Crippen LogP contribution in [0.15, 0.2) is 28.0 Å². The van der Waals surface area contributed by atoms with E-state index in [4.69, 9.17) is 9.52 Å². The molecule has 0 unspecified atom stereocenters. The highest BCUT2D eigenvalue weighted by molar-refractivity contribution is 7.10. The quantitative estimate of drug-likeness (QED) is 0.831. The van der Waals surface area contributed by atoms with Gasteiger partial charge in [0.1, 0.15) is 16.5 Å². The van der Waals surface area contributed by atoms with Crippen LogP contribution >= 0.6 is 11.3 Å². The molecule has 0 spiro atoms. The van der Waals surface area contributed by atoms with Gasteiger partial charge in [0.2, 0.25) is 0 Å². The fraction of sp³-hybridized carbons (Fsp3) is 0.0909. The molecule has 2 aromatic heterocycles. The second-order valence-electron chi connectivity index (χ2n) is 3.15. The zero-order chi connectivity index (χ0) is 11.5. The Morgan fingerprint density at radius 1 is 1.56 bits per heavy atom. The van der Waals surface area contributed by atoms with Crippen LogP contribution in [0.1, 0.15) is 10.8 Å². The van der Waals surface area contributed by atoms with Crippen molar-refractivity contribution in [3.05, 3.63) is 34.4 Å². The van der Waals surface area contributed by atoms with Gasteiger partial charge in [-0.15, -0.1) is 11.3 Å². The van der Waals surface area contributed by atoms with Gasteiger partial charge >= 0.3 is 5.97 Å². The van der Waals surface area contributed by atoms with Gasteiger partial charge in [0, 0.05) is 11.5 Å². The summed E-state index contributed by atoms with van der Waals surface area (Å²) in [5.74, 6) is 0.542. The van der Waals surface area contributed by atoms with Crippen molar-refractivity contribution in [2.45, 2.75) is 6.92 Å². The third-order valence-corrected chi connectivity index (χ3v) is 2.69. The molecule has 0 bridgehead atoms. The van der Waals surface area contributed by atoms with Crippen molar-refractivity contribution in [2.24, 2.45) is 0 Å². The number of aryl methyl sites for hydroxylation is 1. The Kier molecular flexibility index (Phi) is 2.87. The minimum atomic E-state index is -0.981. The monoisotopic (exact) mass is 235 g/mol. The van der Waals surface area contributed by atoms with Crippen LogP contribution in [0.2, 0.25) is 0 Å². The number of aromatic nitrogens is 1. The smallest absolute Gasteiger partial charge is 0.328 e. The lowest BCUT2D eigenvalue weighted by atomic mass is 10.3. The molecule has 1 N–H and O–H groups in total. The zero-order valence-electron chi connectivity index (χ0n) is 8.51. The number of nitrogens with zero attached hydrogens (tertiary/aromatic N) is 1. The van der Waals surface area contributed by atoms with E-state index in [2.05, 4.69) is 4.98 Å². The summed E-state index contributed by atoms with van der Waals surface area (Å²) in [4.78, 5) is 14.6. The number of furan rings is 1. The maximum absolute atomic E-state index is 10.3. The van der Waals surface area contributed by atoms with Crippen LogP contribution in [0.4, 0.5) is 0 Å². The molecule has 0 fully saturated rings. The van der Waals surface area contributed by atoms with E-state index in [0.29, 0.717) is 10.8 Å². The molecule has 2 rings (SSSR count). The van der Waals surface area contributed by atoms with Crippen LogP contribution < -0.4 is 0 Å². The minimum Gasteiger partial charge on any atom is -0.478 e. The van der Waals surface area contributed by atoms with Crippen molar-refractivity contribution < 1.29 is 14.3 Å². The zero-order valence-corrected chi connectivity index (χ0v) is 9.32. The Balaban J connectivity index is 2.23. The highest BCUT2D eigenvalue weighted by atomic mass is 32.1. The van der Waals surface area contributed by atoms with Crippen LogP contribution in [0.25, 0.3) is 17.5 Å². The van der Waals surface area contributed by atoms with Crippen molar-refractivity contribution in [3.63, 3.8) is 0 Å². The number of carboxylic acid groups (broad SMARTS) is 1. The van der Waals surface area contributed by atoms with Crippen LogP contribution in [0.5, 0.6) is 0 Å². The third kappa shape index (κ3) is 2.38. The van der Waals surface area contributed by atoms with Crippen molar-refractivity contribution in [2.75, 3.05) is 0 Å². The summed E-state index contributed by atoms with van der Waals surface area (Å²) >= 11 is 1.37. The lowest BCUT2D eigenvalue weighted by Gasteiger charge is -1.87. The molecular weight excluding hydrogens is 226 g/mol. The molecule has 0 amide bonds. The average Bonchev–Trinajstić information content (AvgIpc) is 2.83. The summed E-state index contributed by atoms with van der Waals surface area (Å²) in [6.45, 7) is 1.86. The first-order valence-corrected chi connectivity index (χ1v) is 5.46. The Morgan fingerprint density at radius 2 is 2.38 bits per heavy atom. The van der Waals surface area contributed by atoms with Gasteiger partial charge < -0.3 is 9.52 Å². The number of carbonyl (C=O) groups is 1. The molecular formula is C11H9NO3S. The maximum atomic E-state index is 10.3. The molecule has 5 heteroatoms. The first-order valence-electron chi connectivity index (χ1n) is 4.58. The Hall–Kier alpha value is -1.88. The fourth-order valence-electron chi connectivity index (χ4n) is 1.19. The van der Waals surface area contributed by atoms with Gasteiger partial charge in [-0.3, -0.25) is 0 Å². The number of thiazole rings is 1. The lowest BCUT2D eigenvalue weighted by molar-refractivity contribution is -0.131. The van der Waals surface area contributed by atoms with E-state index in [1.165, 1.54) is 17.4 Å². The summed E-state index contributed by atoms with van der Waals surface area (Å²) in [5, 5.41) is 11.0. The molecule has 0 saturated carbocycles. The number of hydrogen-bond donors (Lipinski definition) is 1.